The molecule has 4 heteroatoms. The molecule has 0 N–H and O–H groups in total. The summed E-state index contributed by atoms with van der Waals surface area (Å²) in [5.74, 6) is 0.101. The molecule has 0 aliphatic carbocycles. The molecule has 1 aromatic carbocycles. The van der Waals surface area contributed by atoms with Crippen LogP contribution in [0.3, 0.4) is 0 Å². The molecule has 0 spiro atoms. The molecule has 0 radical (unpaired) electrons. The van der Waals surface area contributed by atoms with E-state index in [2.05, 4.69) is 22.9 Å². The Balaban J connectivity index is 2.16. The number of aryl methyl sites for hydroxylation is 2. The normalized spacial score (nSPS) is 23.5. The average Bonchev–Trinajstić information content (AvgIpc) is 2.40. The predicted octanol–water partition coefficient (Wildman–Crippen LogP) is 2.93. The molecule has 1 fully saturated rings. The fraction of sp³-hybridized carbons (Fsp3) is 0.533. The van der Waals surface area contributed by atoms with E-state index in [0.29, 0.717) is 13.1 Å². The van der Waals surface area contributed by atoms with E-state index in [1.54, 1.807) is 0 Å². The third-order valence-electron chi connectivity index (χ3n) is 3.54. The van der Waals surface area contributed by atoms with Gasteiger partial charge < -0.3 is 9.64 Å². The van der Waals surface area contributed by atoms with Crippen LogP contribution in [-0.4, -0.2) is 41.4 Å². The summed E-state index contributed by atoms with van der Waals surface area (Å²) in [4.78, 5) is 14.4. The van der Waals surface area contributed by atoms with Crippen molar-refractivity contribution in [3.63, 3.8) is 0 Å². The fourth-order valence-corrected chi connectivity index (χ4v) is 2.71. The van der Waals surface area contributed by atoms with Crippen LogP contribution in [0.5, 0.6) is 0 Å². The lowest BCUT2D eigenvalue weighted by Crippen LogP contribution is -2.49. The Bertz CT molecular complexity index is 475. The second-order valence-corrected chi connectivity index (χ2v) is 5.88. The smallest absolute Gasteiger partial charge is 0.254 e. The standard InChI is InChI=1S/C15H20BrNO2/c1-10-4-5-13(6-11(10)2)15(18)17-8-12(3)19-14(7-16)9-17/h4-6,12,14H,7-9H2,1-3H3. The Morgan fingerprint density at radius 3 is 2.74 bits per heavy atom. The molecule has 1 heterocycles. The molecule has 2 rings (SSSR count). The van der Waals surface area contributed by atoms with Crippen molar-refractivity contribution in [1.29, 1.82) is 0 Å². The van der Waals surface area contributed by atoms with Gasteiger partial charge in [0.05, 0.1) is 12.2 Å². The average molecular weight is 326 g/mol. The highest BCUT2D eigenvalue weighted by atomic mass is 79.9. The van der Waals surface area contributed by atoms with Crippen molar-refractivity contribution in [3.8, 4) is 0 Å². The first-order chi connectivity index (χ1) is 9.01. The van der Waals surface area contributed by atoms with E-state index in [9.17, 15) is 4.79 Å². The third-order valence-corrected chi connectivity index (χ3v) is 4.26. The zero-order chi connectivity index (χ0) is 14.0. The van der Waals surface area contributed by atoms with Gasteiger partial charge in [-0.3, -0.25) is 4.79 Å². The van der Waals surface area contributed by atoms with Gasteiger partial charge in [-0.2, -0.15) is 0 Å². The molecular weight excluding hydrogens is 306 g/mol. The molecule has 2 unspecified atom stereocenters. The van der Waals surface area contributed by atoms with Gasteiger partial charge in [0.1, 0.15) is 0 Å². The van der Waals surface area contributed by atoms with E-state index in [4.69, 9.17) is 4.74 Å². The SMILES string of the molecule is Cc1ccc(C(=O)N2CC(C)OC(CBr)C2)cc1C. The molecule has 1 saturated heterocycles. The number of carbonyl (C=O) groups excluding carboxylic acids is 1. The van der Waals surface area contributed by atoms with E-state index in [1.165, 1.54) is 5.56 Å². The van der Waals surface area contributed by atoms with Crippen LogP contribution >= 0.6 is 15.9 Å². The number of nitrogens with zero attached hydrogens (tertiary/aromatic N) is 1. The summed E-state index contributed by atoms with van der Waals surface area (Å²) >= 11 is 3.43. The van der Waals surface area contributed by atoms with Crippen LogP contribution in [0.1, 0.15) is 28.4 Å². The van der Waals surface area contributed by atoms with Gasteiger partial charge in [-0.25, -0.2) is 0 Å². The van der Waals surface area contributed by atoms with Gasteiger partial charge in [0.2, 0.25) is 0 Å². The maximum Gasteiger partial charge on any atom is 0.254 e. The summed E-state index contributed by atoms with van der Waals surface area (Å²) in [6, 6.07) is 5.89. The van der Waals surface area contributed by atoms with E-state index in [-0.39, 0.29) is 18.1 Å². The van der Waals surface area contributed by atoms with Crippen molar-refractivity contribution < 1.29 is 9.53 Å². The van der Waals surface area contributed by atoms with E-state index in [0.717, 1.165) is 16.5 Å². The largest absolute Gasteiger partial charge is 0.371 e. The van der Waals surface area contributed by atoms with Crippen LogP contribution in [0.2, 0.25) is 0 Å². The number of carbonyl (C=O) groups is 1. The van der Waals surface area contributed by atoms with Crippen molar-refractivity contribution in [2.45, 2.75) is 33.0 Å². The number of halogens is 1. The Hall–Kier alpha value is -0.870. The monoisotopic (exact) mass is 325 g/mol. The lowest BCUT2D eigenvalue weighted by atomic mass is 10.0. The minimum Gasteiger partial charge on any atom is -0.371 e. The zero-order valence-corrected chi connectivity index (χ0v) is 13.2. The Morgan fingerprint density at radius 1 is 1.37 bits per heavy atom. The molecule has 0 saturated carbocycles. The van der Waals surface area contributed by atoms with Gasteiger partial charge in [-0.1, -0.05) is 22.0 Å². The van der Waals surface area contributed by atoms with Gasteiger partial charge in [-0.05, 0) is 44.0 Å². The highest BCUT2D eigenvalue weighted by Gasteiger charge is 2.28. The molecule has 1 aliphatic rings. The van der Waals surface area contributed by atoms with Crippen LogP contribution < -0.4 is 0 Å². The first-order valence-electron chi connectivity index (χ1n) is 6.59. The number of morpholine rings is 1. The summed E-state index contributed by atoms with van der Waals surface area (Å²) in [7, 11) is 0. The van der Waals surface area contributed by atoms with Gasteiger partial charge in [0.15, 0.2) is 0 Å². The number of alkyl halides is 1. The lowest BCUT2D eigenvalue weighted by molar-refractivity contribution is -0.0559. The summed E-state index contributed by atoms with van der Waals surface area (Å²) in [5.41, 5.74) is 3.14. The zero-order valence-electron chi connectivity index (χ0n) is 11.6. The van der Waals surface area contributed by atoms with Crippen LogP contribution in [0.25, 0.3) is 0 Å². The minimum atomic E-state index is 0.0826. The fourth-order valence-electron chi connectivity index (χ4n) is 2.35. The van der Waals surface area contributed by atoms with Crippen molar-refractivity contribution in [1.82, 2.24) is 4.90 Å². The molecule has 3 nitrogen and oxygen atoms in total. The first-order valence-corrected chi connectivity index (χ1v) is 7.71. The Kier molecular flexibility index (Phi) is 4.63. The predicted molar refractivity (Wildman–Crippen MR) is 79.9 cm³/mol. The van der Waals surface area contributed by atoms with Crippen LogP contribution in [-0.2, 0) is 4.74 Å². The minimum absolute atomic E-state index is 0.0826. The second kappa shape index (κ2) is 6.06. The quantitative estimate of drug-likeness (QED) is 0.782. The number of amides is 1. The highest BCUT2D eigenvalue weighted by molar-refractivity contribution is 9.09. The molecular formula is C15H20BrNO2. The first kappa shape index (κ1) is 14.5. The number of rotatable bonds is 2. The molecule has 1 aromatic rings. The van der Waals surface area contributed by atoms with E-state index in [1.807, 2.05) is 36.9 Å². The van der Waals surface area contributed by atoms with Gasteiger partial charge in [0, 0.05) is 24.0 Å². The maximum absolute atomic E-state index is 12.5. The highest BCUT2D eigenvalue weighted by Crippen LogP contribution is 2.17. The van der Waals surface area contributed by atoms with Crippen molar-refractivity contribution in [2.75, 3.05) is 18.4 Å². The number of hydrogen-bond donors (Lipinski definition) is 0. The summed E-state index contributed by atoms with van der Waals surface area (Å²) < 4.78 is 5.75. The maximum atomic E-state index is 12.5. The number of ether oxygens (including phenoxy) is 1. The molecule has 0 aromatic heterocycles. The van der Waals surface area contributed by atoms with E-state index < -0.39 is 0 Å². The number of hydrogen-bond acceptors (Lipinski definition) is 2. The van der Waals surface area contributed by atoms with Crippen molar-refractivity contribution >= 4 is 21.8 Å². The molecule has 0 bridgehead atoms. The molecule has 1 amide bonds. The third kappa shape index (κ3) is 3.37. The van der Waals surface area contributed by atoms with Crippen molar-refractivity contribution in [2.24, 2.45) is 0 Å². The molecule has 1 aliphatic heterocycles. The second-order valence-electron chi connectivity index (χ2n) is 5.23. The Morgan fingerprint density at radius 2 is 2.11 bits per heavy atom. The van der Waals surface area contributed by atoms with E-state index >= 15 is 0 Å². The van der Waals surface area contributed by atoms with Gasteiger partial charge >= 0.3 is 0 Å². The molecule has 2 atom stereocenters. The number of benzene rings is 1. The molecule has 19 heavy (non-hydrogen) atoms. The summed E-state index contributed by atoms with van der Waals surface area (Å²) in [6.07, 6.45) is 0.172. The Labute approximate surface area is 123 Å². The van der Waals surface area contributed by atoms with Crippen LogP contribution in [0, 0.1) is 13.8 Å². The van der Waals surface area contributed by atoms with Crippen LogP contribution in [0.4, 0.5) is 0 Å². The summed E-state index contributed by atoms with van der Waals surface area (Å²) in [5, 5.41) is 0.758. The molecule has 104 valence electrons. The lowest BCUT2D eigenvalue weighted by Gasteiger charge is -2.36. The van der Waals surface area contributed by atoms with Gasteiger partial charge in [0.25, 0.3) is 5.91 Å². The van der Waals surface area contributed by atoms with Crippen LogP contribution in [0.15, 0.2) is 18.2 Å². The topological polar surface area (TPSA) is 29.5 Å². The summed E-state index contributed by atoms with van der Waals surface area (Å²) in [6.45, 7) is 7.42. The van der Waals surface area contributed by atoms with Gasteiger partial charge in [-0.15, -0.1) is 0 Å². The van der Waals surface area contributed by atoms with Crippen molar-refractivity contribution in [3.05, 3.63) is 34.9 Å².